The van der Waals surface area contributed by atoms with Crippen molar-refractivity contribution in [2.45, 2.75) is 13.5 Å². The van der Waals surface area contributed by atoms with Gasteiger partial charge in [0.2, 0.25) is 0 Å². The molecule has 0 saturated heterocycles. The number of aromatic nitrogens is 1. The van der Waals surface area contributed by atoms with E-state index >= 15 is 0 Å². The lowest BCUT2D eigenvalue weighted by molar-refractivity contribution is 1.13. The largest absolute Gasteiger partial charge is 0.365 e. The number of halogens is 2. The molecule has 16 heavy (non-hydrogen) atoms. The van der Waals surface area contributed by atoms with Crippen molar-refractivity contribution in [2.75, 3.05) is 5.32 Å². The molecule has 0 fully saturated rings. The van der Waals surface area contributed by atoms with Crippen LogP contribution in [0.4, 0.5) is 5.82 Å². The summed E-state index contributed by atoms with van der Waals surface area (Å²) >= 11 is 10.9. The highest BCUT2D eigenvalue weighted by Crippen LogP contribution is 2.22. The summed E-state index contributed by atoms with van der Waals surface area (Å²) < 4.78 is 1.84. The lowest BCUT2D eigenvalue weighted by atomic mass is 10.3. The van der Waals surface area contributed by atoms with Gasteiger partial charge in [0.1, 0.15) is 5.82 Å². The zero-order valence-electron chi connectivity index (χ0n) is 8.63. The van der Waals surface area contributed by atoms with Crippen LogP contribution in [0.5, 0.6) is 0 Å². The molecular weight excluding hydrogens is 308 g/mol. The lowest BCUT2D eigenvalue weighted by Gasteiger charge is -2.05. The molecule has 0 spiro atoms. The third-order valence-corrected chi connectivity index (χ3v) is 4.18. The fourth-order valence-corrected chi connectivity index (χ4v) is 2.50. The summed E-state index contributed by atoms with van der Waals surface area (Å²) in [5.41, 5.74) is 1.17. The Morgan fingerprint density at radius 1 is 1.50 bits per heavy atom. The topological polar surface area (TPSA) is 24.9 Å². The van der Waals surface area contributed by atoms with E-state index < -0.39 is 0 Å². The van der Waals surface area contributed by atoms with Gasteiger partial charge >= 0.3 is 0 Å². The van der Waals surface area contributed by atoms with E-state index in [1.807, 2.05) is 25.1 Å². The average Bonchev–Trinajstić information content (AvgIpc) is 2.66. The van der Waals surface area contributed by atoms with Crippen molar-refractivity contribution in [3.05, 3.63) is 43.6 Å². The highest BCUT2D eigenvalue weighted by atomic mass is 79.9. The van der Waals surface area contributed by atoms with Gasteiger partial charge in [0.15, 0.2) is 0 Å². The molecule has 0 aliphatic carbocycles. The summed E-state index contributed by atoms with van der Waals surface area (Å²) in [6, 6.07) is 5.94. The number of rotatable bonds is 3. The summed E-state index contributed by atoms with van der Waals surface area (Å²) in [6.07, 6.45) is 1.80. The van der Waals surface area contributed by atoms with Crippen molar-refractivity contribution in [2.24, 2.45) is 0 Å². The van der Waals surface area contributed by atoms with Crippen molar-refractivity contribution in [1.82, 2.24) is 4.98 Å². The maximum Gasteiger partial charge on any atom is 0.126 e. The van der Waals surface area contributed by atoms with E-state index in [9.17, 15) is 0 Å². The van der Waals surface area contributed by atoms with Crippen LogP contribution in [-0.4, -0.2) is 4.98 Å². The van der Waals surface area contributed by atoms with E-state index in [0.717, 1.165) is 21.2 Å². The second-order valence-corrected chi connectivity index (χ2v) is 6.03. The zero-order valence-corrected chi connectivity index (χ0v) is 11.8. The van der Waals surface area contributed by atoms with Crippen molar-refractivity contribution < 1.29 is 0 Å². The number of hydrogen-bond donors (Lipinski definition) is 1. The minimum absolute atomic E-state index is 0.755. The van der Waals surface area contributed by atoms with Gasteiger partial charge in [-0.2, -0.15) is 0 Å². The molecule has 2 heterocycles. The van der Waals surface area contributed by atoms with Crippen LogP contribution < -0.4 is 5.32 Å². The first kappa shape index (κ1) is 11.9. The Morgan fingerprint density at radius 2 is 2.31 bits per heavy atom. The number of hydrogen-bond acceptors (Lipinski definition) is 3. The molecule has 2 aromatic rings. The number of nitrogens with one attached hydrogen (secondary N) is 1. The van der Waals surface area contributed by atoms with Gasteiger partial charge < -0.3 is 5.32 Å². The van der Waals surface area contributed by atoms with Crippen LogP contribution >= 0.6 is 38.9 Å². The molecule has 1 N–H and O–H groups in total. The van der Waals surface area contributed by atoms with Gasteiger partial charge in [-0.15, -0.1) is 11.3 Å². The molecule has 2 nitrogen and oxygen atoms in total. The molecule has 0 unspecified atom stereocenters. The normalized spacial score (nSPS) is 10.4. The van der Waals surface area contributed by atoms with E-state index in [1.54, 1.807) is 17.5 Å². The molecule has 2 aromatic heterocycles. The number of anilines is 1. The van der Waals surface area contributed by atoms with Gasteiger partial charge in [0, 0.05) is 15.5 Å². The first-order valence-corrected chi connectivity index (χ1v) is 6.74. The molecule has 0 aliphatic rings. The smallest absolute Gasteiger partial charge is 0.126 e. The first-order chi connectivity index (χ1) is 7.65. The second-order valence-electron chi connectivity index (χ2n) is 3.38. The van der Waals surface area contributed by atoms with Gasteiger partial charge in [-0.25, -0.2) is 4.98 Å². The Balaban J connectivity index is 2.02. The highest BCUT2D eigenvalue weighted by Gasteiger charge is 2.00. The number of aryl methyl sites for hydroxylation is 1. The Bertz CT molecular complexity index is 498. The predicted molar refractivity (Wildman–Crippen MR) is 73.3 cm³/mol. The molecule has 0 saturated carbocycles. The summed E-state index contributed by atoms with van der Waals surface area (Å²) in [4.78, 5) is 5.48. The Kier molecular flexibility index (Phi) is 3.84. The maximum atomic E-state index is 5.86. The standard InChI is InChI=1S/C11H10BrClN2S/c1-7-4-11(15-6-9(7)12)14-5-8-2-3-10(13)16-8/h2-4,6H,5H2,1H3,(H,14,15). The number of thiophene rings is 1. The van der Waals surface area contributed by atoms with Gasteiger partial charge in [0.05, 0.1) is 10.9 Å². The SMILES string of the molecule is Cc1cc(NCc2ccc(Cl)s2)ncc1Br. The summed E-state index contributed by atoms with van der Waals surface area (Å²) in [7, 11) is 0. The monoisotopic (exact) mass is 316 g/mol. The third kappa shape index (κ3) is 2.97. The van der Waals surface area contributed by atoms with Gasteiger partial charge in [0.25, 0.3) is 0 Å². The van der Waals surface area contributed by atoms with Crippen LogP contribution in [-0.2, 0) is 6.54 Å². The van der Waals surface area contributed by atoms with Crippen LogP contribution in [0.2, 0.25) is 4.34 Å². The molecule has 0 bridgehead atoms. The Hall–Kier alpha value is -0.580. The molecule has 5 heteroatoms. The quantitative estimate of drug-likeness (QED) is 0.903. The van der Waals surface area contributed by atoms with Crippen LogP contribution in [0.3, 0.4) is 0 Å². The first-order valence-electron chi connectivity index (χ1n) is 4.75. The second kappa shape index (κ2) is 5.17. The van der Waals surface area contributed by atoms with Crippen LogP contribution in [0, 0.1) is 6.92 Å². The highest BCUT2D eigenvalue weighted by molar-refractivity contribution is 9.10. The van der Waals surface area contributed by atoms with Crippen LogP contribution in [0.1, 0.15) is 10.4 Å². The Morgan fingerprint density at radius 3 is 2.94 bits per heavy atom. The van der Waals surface area contributed by atoms with E-state index in [4.69, 9.17) is 11.6 Å². The maximum absolute atomic E-state index is 5.86. The molecule has 0 aliphatic heterocycles. The van der Waals surface area contributed by atoms with Crippen molar-refractivity contribution in [3.8, 4) is 0 Å². The number of nitrogens with zero attached hydrogens (tertiary/aromatic N) is 1. The molecule has 0 radical (unpaired) electrons. The van der Waals surface area contributed by atoms with E-state index in [1.165, 1.54) is 10.4 Å². The lowest BCUT2D eigenvalue weighted by Crippen LogP contribution is -1.99. The molecule has 0 aromatic carbocycles. The van der Waals surface area contributed by atoms with Crippen molar-refractivity contribution >= 4 is 44.7 Å². The van der Waals surface area contributed by atoms with Gasteiger partial charge in [-0.1, -0.05) is 11.6 Å². The summed E-state index contributed by atoms with van der Waals surface area (Å²) in [6.45, 7) is 2.80. The molecule has 0 amide bonds. The minimum Gasteiger partial charge on any atom is -0.365 e. The Labute approximate surface area is 112 Å². The van der Waals surface area contributed by atoms with Crippen LogP contribution in [0.15, 0.2) is 28.9 Å². The van der Waals surface area contributed by atoms with E-state index in [-0.39, 0.29) is 0 Å². The fraction of sp³-hybridized carbons (Fsp3) is 0.182. The van der Waals surface area contributed by atoms with Crippen LogP contribution in [0.25, 0.3) is 0 Å². The summed E-state index contributed by atoms with van der Waals surface area (Å²) in [5.74, 6) is 0.880. The molecular formula is C11H10BrClN2S. The zero-order chi connectivity index (χ0) is 11.5. The van der Waals surface area contributed by atoms with Gasteiger partial charge in [-0.3, -0.25) is 0 Å². The van der Waals surface area contributed by atoms with Gasteiger partial charge in [-0.05, 0) is 46.6 Å². The molecule has 2 rings (SSSR count). The van der Waals surface area contributed by atoms with E-state index in [0.29, 0.717) is 0 Å². The number of pyridine rings is 1. The van der Waals surface area contributed by atoms with Crippen molar-refractivity contribution in [3.63, 3.8) is 0 Å². The van der Waals surface area contributed by atoms with E-state index in [2.05, 4.69) is 26.2 Å². The molecule has 0 atom stereocenters. The minimum atomic E-state index is 0.755. The predicted octanol–water partition coefficient (Wildman–Crippen LogP) is 4.48. The summed E-state index contributed by atoms with van der Waals surface area (Å²) in [5, 5.41) is 3.26. The average molecular weight is 318 g/mol. The molecule has 84 valence electrons. The third-order valence-electron chi connectivity index (χ3n) is 2.12. The fourth-order valence-electron chi connectivity index (χ4n) is 1.26. The van der Waals surface area contributed by atoms with Crippen molar-refractivity contribution in [1.29, 1.82) is 0 Å².